The smallest absolute Gasteiger partial charge is 0.344 e. The quantitative estimate of drug-likeness (QED) is 0.106. The number of para-hydroxylation sites is 1. The van der Waals surface area contributed by atoms with Crippen LogP contribution in [0.4, 0.5) is 0 Å². The van der Waals surface area contributed by atoms with Gasteiger partial charge in [-0.15, -0.1) is 0 Å². The van der Waals surface area contributed by atoms with Crippen molar-refractivity contribution in [3.05, 3.63) is 35.0 Å². The number of hydrogen-bond donors (Lipinski definition) is 0. The van der Waals surface area contributed by atoms with E-state index < -0.39 is 49.4 Å². The molecule has 168 valence electrons. The second kappa shape index (κ2) is 11.5. The lowest BCUT2D eigenvalue weighted by Gasteiger charge is -2.15. The molecule has 0 amide bonds. The Morgan fingerprint density at radius 2 is 1.77 bits per heavy atom. The average molecular weight is 438 g/mol. The summed E-state index contributed by atoms with van der Waals surface area (Å²) in [6.45, 7) is 1.15. The van der Waals surface area contributed by atoms with Gasteiger partial charge in [0.2, 0.25) is 18.1 Å². The summed E-state index contributed by atoms with van der Waals surface area (Å²) in [6, 6.07) is 5.11. The molecule has 0 aliphatic heterocycles. The Bertz CT molecular complexity index is 854. The van der Waals surface area contributed by atoms with Gasteiger partial charge in [0.1, 0.15) is 17.2 Å². The van der Waals surface area contributed by atoms with Gasteiger partial charge in [0.25, 0.3) is 6.79 Å². The maximum atomic E-state index is 12.3. The van der Waals surface area contributed by atoms with Crippen molar-refractivity contribution in [2.75, 3.05) is 13.6 Å². The van der Waals surface area contributed by atoms with Crippen molar-refractivity contribution >= 4 is 23.9 Å². The molecule has 2 rings (SSSR count). The van der Waals surface area contributed by atoms with Crippen LogP contribution in [0, 0.1) is 11.1 Å². The van der Waals surface area contributed by atoms with Crippen LogP contribution in [0.3, 0.4) is 0 Å². The maximum absolute atomic E-state index is 12.3. The molecule has 0 spiro atoms. The number of nitrogens with zero attached hydrogens (tertiary/aromatic N) is 2. The first kappa shape index (κ1) is 23.6. The summed E-state index contributed by atoms with van der Waals surface area (Å²) < 4.78 is 19.3. The van der Waals surface area contributed by atoms with E-state index in [0.29, 0.717) is 19.3 Å². The summed E-state index contributed by atoms with van der Waals surface area (Å²) in [5.74, 6) is -3.58. The van der Waals surface area contributed by atoms with Crippen molar-refractivity contribution in [3.63, 3.8) is 0 Å². The van der Waals surface area contributed by atoms with Crippen molar-refractivity contribution < 1.29 is 47.8 Å². The molecule has 0 saturated heterocycles. The molecule has 1 aromatic carbocycles. The topological polar surface area (TPSA) is 153 Å². The zero-order valence-corrected chi connectivity index (χ0v) is 17.0. The Balaban J connectivity index is 1.86. The molecule has 12 heteroatoms. The van der Waals surface area contributed by atoms with Gasteiger partial charge in [-0.05, 0) is 25.0 Å². The van der Waals surface area contributed by atoms with E-state index in [1.165, 1.54) is 26.0 Å². The average Bonchev–Trinajstić information content (AvgIpc) is 3.21. The fourth-order valence-electron chi connectivity index (χ4n) is 2.94. The van der Waals surface area contributed by atoms with Gasteiger partial charge in [0, 0.05) is 20.3 Å². The summed E-state index contributed by atoms with van der Waals surface area (Å²) in [5, 5.41) is 15.3. The van der Waals surface area contributed by atoms with Gasteiger partial charge in [-0.3, -0.25) is 14.4 Å². The maximum Gasteiger partial charge on any atom is 0.344 e. The van der Waals surface area contributed by atoms with E-state index in [4.69, 9.17) is 14.2 Å². The van der Waals surface area contributed by atoms with Crippen LogP contribution in [0.2, 0.25) is 0 Å². The second-order valence-corrected chi connectivity index (χ2v) is 6.47. The standard InChI is InChI=1S/C19H22N2O10/c1-12(22)27-11-30-20-21(26)16-8-5-7-14(16)18(24)28-10-29-19(25)15-6-3-4-9-17(15)31-13(2)23/h3-4,6,9,14,16H,5,7-8,10-11H2,1-2H3/b21-20-/t14-,16?/m1/s1. The lowest BCUT2D eigenvalue weighted by atomic mass is 10.1. The number of rotatable bonds is 9. The predicted molar refractivity (Wildman–Crippen MR) is 99.0 cm³/mol. The van der Waals surface area contributed by atoms with E-state index in [0.717, 1.165) is 0 Å². The van der Waals surface area contributed by atoms with Crippen LogP contribution in [0.5, 0.6) is 5.75 Å². The zero-order valence-electron chi connectivity index (χ0n) is 17.0. The molecule has 1 unspecified atom stereocenters. The SMILES string of the molecule is CC(=O)OCO/N=[N+](\[O-])C1CCC[C@H]1C(=O)OCOC(=O)c1ccccc1OC(C)=O. The molecule has 1 aliphatic carbocycles. The number of hydroxylamine groups is 1. The number of hydrogen-bond acceptors (Lipinski definition) is 11. The summed E-state index contributed by atoms with van der Waals surface area (Å²) in [6.07, 6.45) is 1.34. The monoisotopic (exact) mass is 438 g/mol. The summed E-state index contributed by atoms with van der Waals surface area (Å²) in [4.78, 5) is 51.1. The molecule has 1 aliphatic rings. The van der Waals surface area contributed by atoms with Crippen molar-refractivity contribution in [3.8, 4) is 5.75 Å². The molecule has 31 heavy (non-hydrogen) atoms. The Kier molecular flexibility index (Phi) is 8.73. The Morgan fingerprint density at radius 1 is 1.03 bits per heavy atom. The minimum atomic E-state index is -0.855. The number of ether oxygens (including phenoxy) is 4. The third-order valence-corrected chi connectivity index (χ3v) is 4.27. The van der Waals surface area contributed by atoms with Gasteiger partial charge in [0.15, 0.2) is 0 Å². The van der Waals surface area contributed by atoms with Crippen molar-refractivity contribution in [1.82, 2.24) is 0 Å². The molecular weight excluding hydrogens is 416 g/mol. The molecule has 2 atom stereocenters. The molecule has 0 heterocycles. The zero-order chi connectivity index (χ0) is 22.8. The van der Waals surface area contributed by atoms with E-state index in [1.807, 2.05) is 0 Å². The number of benzene rings is 1. The summed E-state index contributed by atoms with van der Waals surface area (Å²) in [7, 11) is 0. The van der Waals surface area contributed by atoms with Crippen LogP contribution >= 0.6 is 0 Å². The van der Waals surface area contributed by atoms with Gasteiger partial charge in [-0.2, -0.15) is 0 Å². The van der Waals surface area contributed by atoms with Crippen molar-refractivity contribution in [2.24, 2.45) is 11.2 Å². The third kappa shape index (κ3) is 7.24. The highest BCUT2D eigenvalue weighted by molar-refractivity contribution is 5.93. The Hall–Kier alpha value is -3.70. The summed E-state index contributed by atoms with van der Waals surface area (Å²) >= 11 is 0. The number of carbonyl (C=O) groups excluding carboxylic acids is 4. The first-order chi connectivity index (χ1) is 14.8. The predicted octanol–water partition coefficient (Wildman–Crippen LogP) is 1.85. The Labute approximate surface area is 177 Å². The van der Waals surface area contributed by atoms with Gasteiger partial charge in [0.05, 0.1) is 0 Å². The third-order valence-electron chi connectivity index (χ3n) is 4.27. The normalized spacial score (nSPS) is 18.1. The van der Waals surface area contributed by atoms with Gasteiger partial charge in [-0.25, -0.2) is 4.79 Å². The molecule has 1 aromatic rings. The minimum absolute atomic E-state index is 0.0121. The highest BCUT2D eigenvalue weighted by Crippen LogP contribution is 2.29. The molecule has 12 nitrogen and oxygen atoms in total. The Morgan fingerprint density at radius 3 is 2.48 bits per heavy atom. The van der Waals surface area contributed by atoms with Crippen LogP contribution in [0.25, 0.3) is 0 Å². The van der Waals surface area contributed by atoms with Crippen molar-refractivity contribution in [1.29, 1.82) is 0 Å². The first-order valence-corrected chi connectivity index (χ1v) is 9.33. The van der Waals surface area contributed by atoms with Gasteiger partial charge >= 0.3 is 23.9 Å². The highest BCUT2D eigenvalue weighted by Gasteiger charge is 2.41. The molecule has 1 saturated carbocycles. The van der Waals surface area contributed by atoms with Crippen LogP contribution < -0.4 is 4.74 Å². The highest BCUT2D eigenvalue weighted by atomic mass is 16.8. The number of esters is 4. The molecule has 0 radical (unpaired) electrons. The van der Waals surface area contributed by atoms with E-state index >= 15 is 0 Å². The van der Waals surface area contributed by atoms with E-state index in [2.05, 4.69) is 14.9 Å². The van der Waals surface area contributed by atoms with Crippen LogP contribution in [0.15, 0.2) is 29.5 Å². The van der Waals surface area contributed by atoms with E-state index in [9.17, 15) is 24.4 Å². The molecule has 0 bridgehead atoms. The minimum Gasteiger partial charge on any atom is -0.597 e. The fourth-order valence-corrected chi connectivity index (χ4v) is 2.94. The number of carbonyl (C=O) groups is 4. The lowest BCUT2D eigenvalue weighted by molar-refractivity contribution is -0.598. The van der Waals surface area contributed by atoms with E-state index in [1.54, 1.807) is 12.1 Å². The van der Waals surface area contributed by atoms with Crippen LogP contribution in [-0.2, 0) is 33.4 Å². The van der Waals surface area contributed by atoms with Crippen LogP contribution in [-0.4, -0.2) is 48.4 Å². The lowest BCUT2D eigenvalue weighted by Crippen LogP contribution is -2.32. The largest absolute Gasteiger partial charge is 0.597 e. The molecule has 1 fully saturated rings. The van der Waals surface area contributed by atoms with Gasteiger partial charge in [-0.1, -0.05) is 17.0 Å². The second-order valence-electron chi connectivity index (χ2n) is 6.47. The first-order valence-electron chi connectivity index (χ1n) is 9.33. The molecule has 0 N–H and O–H groups in total. The fraction of sp³-hybridized carbons (Fsp3) is 0.474. The van der Waals surface area contributed by atoms with E-state index in [-0.39, 0.29) is 16.2 Å². The molecular formula is C19H22N2O10. The molecule has 0 aromatic heterocycles. The van der Waals surface area contributed by atoms with Crippen molar-refractivity contribution in [2.45, 2.75) is 39.2 Å². The van der Waals surface area contributed by atoms with Gasteiger partial charge < -0.3 is 29.0 Å². The van der Waals surface area contributed by atoms with Crippen LogP contribution in [0.1, 0.15) is 43.5 Å². The summed E-state index contributed by atoms with van der Waals surface area (Å²) in [5.41, 5.74) is -0.0121.